The van der Waals surface area contributed by atoms with Crippen molar-refractivity contribution in [3.05, 3.63) is 23.8 Å². The van der Waals surface area contributed by atoms with E-state index in [1.165, 1.54) is 12.0 Å². The highest BCUT2D eigenvalue weighted by Gasteiger charge is 2.16. The van der Waals surface area contributed by atoms with Crippen LogP contribution in [0, 0.1) is 0 Å². The van der Waals surface area contributed by atoms with Crippen molar-refractivity contribution in [3.8, 4) is 5.75 Å². The molecule has 0 aromatic heterocycles. The van der Waals surface area contributed by atoms with Crippen LogP contribution in [0.1, 0.15) is 23.7 Å². The zero-order valence-corrected chi connectivity index (χ0v) is 14.1. The number of hydrogen-bond donors (Lipinski definition) is 2. The lowest BCUT2D eigenvalue weighted by atomic mass is 10.1. The Kier molecular flexibility index (Phi) is 7.50. The first-order valence-corrected chi connectivity index (χ1v) is 7.44. The van der Waals surface area contributed by atoms with Crippen LogP contribution < -0.4 is 15.8 Å². The van der Waals surface area contributed by atoms with Gasteiger partial charge in [-0.3, -0.25) is 9.59 Å². The molecule has 0 radical (unpaired) electrons. The molecule has 0 aliphatic rings. The average Bonchev–Trinajstić information content (AvgIpc) is 2.53. The van der Waals surface area contributed by atoms with Crippen LogP contribution in [0.5, 0.6) is 5.75 Å². The summed E-state index contributed by atoms with van der Waals surface area (Å²) in [4.78, 5) is 25.5. The number of hydrogen-bond acceptors (Lipinski definition) is 5. The lowest BCUT2D eigenvalue weighted by Crippen LogP contribution is -2.28. The van der Waals surface area contributed by atoms with E-state index >= 15 is 0 Å². The molecule has 0 spiro atoms. The molecule has 0 saturated carbocycles. The molecular formula is C16H25N3O4. The van der Waals surface area contributed by atoms with Crippen molar-refractivity contribution in [2.45, 2.75) is 19.4 Å². The van der Waals surface area contributed by atoms with E-state index in [0.717, 1.165) is 0 Å². The normalized spacial score (nSPS) is 11.7. The van der Waals surface area contributed by atoms with Gasteiger partial charge in [0.2, 0.25) is 5.91 Å². The first-order chi connectivity index (χ1) is 10.9. The predicted molar refractivity (Wildman–Crippen MR) is 88.7 cm³/mol. The second-order valence-electron chi connectivity index (χ2n) is 5.19. The fraction of sp³-hybridized carbons (Fsp3) is 0.500. The van der Waals surface area contributed by atoms with Crippen LogP contribution in [-0.2, 0) is 9.53 Å². The SMILES string of the molecule is CCOc1cc(C(=O)N(C)C)ccc1NC(=O)CC(CN)OC. The van der Waals surface area contributed by atoms with Crippen LogP contribution in [0.2, 0.25) is 0 Å². The molecule has 3 N–H and O–H groups in total. The highest BCUT2D eigenvalue weighted by atomic mass is 16.5. The Labute approximate surface area is 136 Å². The van der Waals surface area contributed by atoms with E-state index in [-0.39, 0.29) is 30.9 Å². The highest BCUT2D eigenvalue weighted by molar-refractivity contribution is 5.97. The quantitative estimate of drug-likeness (QED) is 0.747. The van der Waals surface area contributed by atoms with Crippen LogP contribution >= 0.6 is 0 Å². The number of methoxy groups -OCH3 is 1. The van der Waals surface area contributed by atoms with Crippen LogP contribution in [0.3, 0.4) is 0 Å². The van der Waals surface area contributed by atoms with E-state index in [1.54, 1.807) is 32.3 Å². The highest BCUT2D eigenvalue weighted by Crippen LogP contribution is 2.26. The summed E-state index contributed by atoms with van der Waals surface area (Å²) < 4.78 is 10.6. The molecule has 1 aromatic carbocycles. The van der Waals surface area contributed by atoms with Gasteiger partial charge in [-0.2, -0.15) is 0 Å². The number of benzene rings is 1. The van der Waals surface area contributed by atoms with E-state index in [4.69, 9.17) is 15.2 Å². The van der Waals surface area contributed by atoms with E-state index < -0.39 is 0 Å². The van der Waals surface area contributed by atoms with Gasteiger partial charge in [-0.1, -0.05) is 0 Å². The van der Waals surface area contributed by atoms with Gasteiger partial charge in [-0.25, -0.2) is 0 Å². The van der Waals surface area contributed by atoms with Gasteiger partial charge in [0, 0.05) is 33.3 Å². The topological polar surface area (TPSA) is 93.9 Å². The summed E-state index contributed by atoms with van der Waals surface area (Å²) in [5.41, 5.74) is 6.52. The van der Waals surface area contributed by atoms with Crippen LogP contribution in [0.25, 0.3) is 0 Å². The van der Waals surface area contributed by atoms with Gasteiger partial charge in [0.1, 0.15) is 5.75 Å². The molecule has 0 saturated heterocycles. The molecule has 1 unspecified atom stereocenters. The smallest absolute Gasteiger partial charge is 0.253 e. The van der Waals surface area contributed by atoms with E-state index in [2.05, 4.69) is 5.32 Å². The van der Waals surface area contributed by atoms with Crippen LogP contribution in [0.4, 0.5) is 5.69 Å². The van der Waals surface area contributed by atoms with Crippen LogP contribution in [-0.4, -0.2) is 57.2 Å². The number of carbonyl (C=O) groups excluding carboxylic acids is 2. The summed E-state index contributed by atoms with van der Waals surface area (Å²) in [5.74, 6) is 0.0941. The summed E-state index contributed by atoms with van der Waals surface area (Å²) in [5, 5.41) is 2.77. The first kappa shape index (κ1) is 18.9. The number of amides is 2. The zero-order chi connectivity index (χ0) is 17.4. The summed E-state index contributed by atoms with van der Waals surface area (Å²) in [6.45, 7) is 2.52. The third-order valence-corrected chi connectivity index (χ3v) is 3.22. The summed E-state index contributed by atoms with van der Waals surface area (Å²) in [6.07, 6.45) is -0.183. The molecule has 0 heterocycles. The average molecular weight is 323 g/mol. The Bertz CT molecular complexity index is 542. The van der Waals surface area contributed by atoms with E-state index in [1.807, 2.05) is 6.92 Å². The van der Waals surface area contributed by atoms with Crippen molar-refractivity contribution >= 4 is 17.5 Å². The maximum absolute atomic E-state index is 12.0. The van der Waals surface area contributed by atoms with Crippen molar-refractivity contribution in [1.29, 1.82) is 0 Å². The predicted octanol–water partition coefficient (Wildman–Crippen LogP) is 1.09. The molecule has 0 bridgehead atoms. The minimum Gasteiger partial charge on any atom is -0.492 e. The number of nitrogens with one attached hydrogen (secondary N) is 1. The van der Waals surface area contributed by atoms with Gasteiger partial charge in [0.15, 0.2) is 0 Å². The Morgan fingerprint density at radius 2 is 2.04 bits per heavy atom. The van der Waals surface area contributed by atoms with Crippen molar-refractivity contribution in [2.24, 2.45) is 5.73 Å². The summed E-state index contributed by atoms with van der Waals surface area (Å²) in [6, 6.07) is 4.93. The van der Waals surface area contributed by atoms with Crippen molar-refractivity contribution in [1.82, 2.24) is 4.90 Å². The van der Waals surface area contributed by atoms with Gasteiger partial charge in [-0.05, 0) is 25.1 Å². The fourth-order valence-electron chi connectivity index (χ4n) is 1.96. The molecule has 2 amide bonds. The number of ether oxygens (including phenoxy) is 2. The standard InChI is InChI=1S/C16H25N3O4/c1-5-23-14-8-11(16(21)19(2)3)6-7-13(14)18-15(20)9-12(10-17)22-4/h6-8,12H,5,9-10,17H2,1-4H3,(H,18,20). The number of nitrogens with zero attached hydrogens (tertiary/aromatic N) is 1. The third kappa shape index (κ3) is 5.54. The molecule has 1 aromatic rings. The Balaban J connectivity index is 2.93. The summed E-state index contributed by atoms with van der Waals surface area (Å²) >= 11 is 0. The molecule has 0 aliphatic heterocycles. The molecule has 0 fully saturated rings. The molecule has 1 atom stereocenters. The second kappa shape index (κ2) is 9.12. The lowest BCUT2D eigenvalue weighted by Gasteiger charge is -2.16. The number of rotatable bonds is 8. The molecule has 128 valence electrons. The molecule has 7 heteroatoms. The molecule has 7 nitrogen and oxygen atoms in total. The minimum atomic E-state index is -0.333. The van der Waals surface area contributed by atoms with Gasteiger partial charge in [-0.15, -0.1) is 0 Å². The second-order valence-corrected chi connectivity index (χ2v) is 5.19. The van der Waals surface area contributed by atoms with E-state index in [0.29, 0.717) is 23.6 Å². The van der Waals surface area contributed by atoms with Gasteiger partial charge >= 0.3 is 0 Å². The molecule has 0 aliphatic carbocycles. The summed E-state index contributed by atoms with van der Waals surface area (Å²) in [7, 11) is 4.87. The fourth-order valence-corrected chi connectivity index (χ4v) is 1.96. The Morgan fingerprint density at radius 1 is 1.35 bits per heavy atom. The first-order valence-electron chi connectivity index (χ1n) is 7.44. The maximum Gasteiger partial charge on any atom is 0.253 e. The van der Waals surface area contributed by atoms with Crippen molar-refractivity contribution < 1.29 is 19.1 Å². The van der Waals surface area contributed by atoms with E-state index in [9.17, 15) is 9.59 Å². The Hall–Kier alpha value is -2.12. The number of anilines is 1. The molecule has 23 heavy (non-hydrogen) atoms. The number of carbonyl (C=O) groups is 2. The third-order valence-electron chi connectivity index (χ3n) is 3.22. The largest absolute Gasteiger partial charge is 0.492 e. The van der Waals surface area contributed by atoms with Crippen molar-refractivity contribution in [3.63, 3.8) is 0 Å². The van der Waals surface area contributed by atoms with Crippen molar-refractivity contribution in [2.75, 3.05) is 39.7 Å². The molecule has 1 rings (SSSR count). The van der Waals surface area contributed by atoms with Gasteiger partial charge in [0.25, 0.3) is 5.91 Å². The zero-order valence-electron chi connectivity index (χ0n) is 14.1. The Morgan fingerprint density at radius 3 is 2.57 bits per heavy atom. The van der Waals surface area contributed by atoms with Gasteiger partial charge < -0.3 is 25.4 Å². The maximum atomic E-state index is 12.0. The lowest BCUT2D eigenvalue weighted by molar-refractivity contribution is -0.118. The number of nitrogens with two attached hydrogens (primary N) is 1. The monoisotopic (exact) mass is 323 g/mol. The van der Waals surface area contributed by atoms with Crippen LogP contribution in [0.15, 0.2) is 18.2 Å². The molecular weight excluding hydrogens is 298 g/mol. The minimum absolute atomic E-state index is 0.133. The van der Waals surface area contributed by atoms with Gasteiger partial charge in [0.05, 0.1) is 24.8 Å².